The molecule has 1 aliphatic rings. The Morgan fingerprint density at radius 3 is 2.73 bits per heavy atom. The third kappa shape index (κ3) is 2.61. The average Bonchev–Trinajstić information content (AvgIpc) is 3.26. The van der Waals surface area contributed by atoms with E-state index >= 15 is 0 Å². The average molecular weight is 349 g/mol. The number of nitrogens with one attached hydrogen (secondary N) is 2. The zero-order valence-corrected chi connectivity index (χ0v) is 14.2. The molecule has 2 N–H and O–H groups in total. The van der Waals surface area contributed by atoms with Gasteiger partial charge >= 0.3 is 5.69 Å². The number of ether oxygens (including phenoxy) is 1. The van der Waals surface area contributed by atoms with E-state index in [0.29, 0.717) is 18.1 Å². The summed E-state index contributed by atoms with van der Waals surface area (Å²) in [5, 5.41) is 1.05. The van der Waals surface area contributed by atoms with Crippen molar-refractivity contribution in [3.8, 4) is 11.1 Å². The summed E-state index contributed by atoms with van der Waals surface area (Å²) in [7, 11) is 0. The molecule has 0 amide bonds. The van der Waals surface area contributed by atoms with Crippen LogP contribution in [0.3, 0.4) is 0 Å². The summed E-state index contributed by atoms with van der Waals surface area (Å²) in [5.74, 6) is 0.460. The van der Waals surface area contributed by atoms with Crippen LogP contribution in [0.2, 0.25) is 0 Å². The standard InChI is InChI=1S/C19H19N5O2/c25-19-23-18-16(24(19)11-12-2-5-26-6-3-12)8-15(10-22-18)14-7-13-1-4-20-17(13)21-9-14/h1,4,7-10,12H,2-3,5-6,11H2,(H,20,21)(H,22,23,25). The molecule has 0 aliphatic carbocycles. The molecule has 4 aromatic heterocycles. The van der Waals surface area contributed by atoms with Crippen LogP contribution in [0.1, 0.15) is 12.8 Å². The van der Waals surface area contributed by atoms with Crippen LogP contribution in [-0.2, 0) is 11.3 Å². The van der Waals surface area contributed by atoms with Gasteiger partial charge in [-0.05, 0) is 37.0 Å². The number of rotatable bonds is 3. The number of pyridine rings is 2. The Bertz CT molecular complexity index is 1130. The minimum Gasteiger partial charge on any atom is -0.381 e. The first-order chi connectivity index (χ1) is 12.8. The number of H-pyrrole nitrogens is 2. The maximum Gasteiger partial charge on any atom is 0.327 e. The van der Waals surface area contributed by atoms with Crippen molar-refractivity contribution < 1.29 is 4.74 Å². The fraction of sp³-hybridized carbons (Fsp3) is 0.316. The molecule has 7 heteroatoms. The van der Waals surface area contributed by atoms with E-state index in [0.717, 1.165) is 53.7 Å². The van der Waals surface area contributed by atoms with Gasteiger partial charge in [0.2, 0.25) is 0 Å². The van der Waals surface area contributed by atoms with Crippen molar-refractivity contribution in [1.82, 2.24) is 24.5 Å². The van der Waals surface area contributed by atoms with Crippen molar-refractivity contribution in [3.05, 3.63) is 47.3 Å². The van der Waals surface area contributed by atoms with Crippen LogP contribution in [0, 0.1) is 5.92 Å². The van der Waals surface area contributed by atoms with Gasteiger partial charge in [0.1, 0.15) is 5.65 Å². The second kappa shape index (κ2) is 6.10. The van der Waals surface area contributed by atoms with Crippen molar-refractivity contribution in [3.63, 3.8) is 0 Å². The molecular weight excluding hydrogens is 330 g/mol. The minimum atomic E-state index is -0.102. The van der Waals surface area contributed by atoms with Gasteiger partial charge in [0.15, 0.2) is 5.65 Å². The predicted molar refractivity (Wildman–Crippen MR) is 99.0 cm³/mol. The lowest BCUT2D eigenvalue weighted by Gasteiger charge is -2.22. The Hall–Kier alpha value is -2.93. The van der Waals surface area contributed by atoms with E-state index in [1.807, 2.05) is 29.1 Å². The summed E-state index contributed by atoms with van der Waals surface area (Å²) in [5.41, 5.74) is 4.16. The summed E-state index contributed by atoms with van der Waals surface area (Å²) in [6.07, 6.45) is 7.46. The third-order valence-electron chi connectivity index (χ3n) is 5.14. The lowest BCUT2D eigenvalue weighted by Crippen LogP contribution is -2.25. The normalized spacial score (nSPS) is 15.8. The molecule has 5 rings (SSSR count). The molecule has 0 saturated carbocycles. The molecule has 0 radical (unpaired) electrons. The third-order valence-corrected chi connectivity index (χ3v) is 5.14. The SMILES string of the molecule is O=c1[nH]c2ncc(-c3cnc4[nH]ccc4c3)cc2n1CC1CCOCC1. The summed E-state index contributed by atoms with van der Waals surface area (Å²) >= 11 is 0. The Morgan fingerprint density at radius 2 is 1.88 bits per heavy atom. The smallest absolute Gasteiger partial charge is 0.327 e. The molecule has 5 heterocycles. The van der Waals surface area contributed by atoms with Gasteiger partial charge in [-0.3, -0.25) is 9.55 Å². The van der Waals surface area contributed by atoms with Gasteiger partial charge in [-0.2, -0.15) is 0 Å². The van der Waals surface area contributed by atoms with Crippen molar-refractivity contribution in [1.29, 1.82) is 0 Å². The van der Waals surface area contributed by atoms with E-state index in [-0.39, 0.29) is 5.69 Å². The highest BCUT2D eigenvalue weighted by Crippen LogP contribution is 2.25. The first kappa shape index (κ1) is 15.3. The summed E-state index contributed by atoms with van der Waals surface area (Å²) in [6, 6.07) is 6.10. The Labute approximate surface area is 149 Å². The van der Waals surface area contributed by atoms with E-state index in [4.69, 9.17) is 4.74 Å². The molecule has 1 fully saturated rings. The van der Waals surface area contributed by atoms with Crippen LogP contribution in [0.4, 0.5) is 0 Å². The maximum atomic E-state index is 12.4. The van der Waals surface area contributed by atoms with Gasteiger partial charge in [0.05, 0.1) is 5.52 Å². The summed E-state index contributed by atoms with van der Waals surface area (Å²) in [6.45, 7) is 2.24. The van der Waals surface area contributed by atoms with E-state index in [1.54, 1.807) is 6.20 Å². The molecule has 1 aliphatic heterocycles. The Kier molecular flexibility index (Phi) is 3.60. The quantitative estimate of drug-likeness (QED) is 0.595. The molecular formula is C19H19N5O2. The highest BCUT2D eigenvalue weighted by Gasteiger charge is 2.18. The number of aromatic nitrogens is 5. The predicted octanol–water partition coefficient (Wildman–Crippen LogP) is 2.69. The summed E-state index contributed by atoms with van der Waals surface area (Å²) in [4.78, 5) is 27.3. The second-order valence-electron chi connectivity index (χ2n) is 6.83. The Balaban J connectivity index is 1.57. The fourth-order valence-corrected chi connectivity index (χ4v) is 3.66. The summed E-state index contributed by atoms with van der Waals surface area (Å²) < 4.78 is 7.23. The number of nitrogens with zero attached hydrogens (tertiary/aromatic N) is 3. The maximum absolute atomic E-state index is 12.4. The molecule has 0 atom stereocenters. The van der Waals surface area contributed by atoms with Gasteiger partial charge < -0.3 is 9.72 Å². The van der Waals surface area contributed by atoms with Crippen LogP contribution in [-0.4, -0.2) is 37.7 Å². The number of hydrogen-bond donors (Lipinski definition) is 2. The van der Waals surface area contributed by atoms with E-state index < -0.39 is 0 Å². The van der Waals surface area contributed by atoms with Crippen LogP contribution < -0.4 is 5.69 Å². The monoisotopic (exact) mass is 349 g/mol. The lowest BCUT2D eigenvalue weighted by atomic mass is 10.0. The molecule has 7 nitrogen and oxygen atoms in total. The molecule has 1 saturated heterocycles. The highest BCUT2D eigenvalue weighted by molar-refractivity contribution is 5.84. The zero-order valence-electron chi connectivity index (χ0n) is 14.2. The molecule has 4 aromatic rings. The van der Waals surface area contributed by atoms with Crippen molar-refractivity contribution in [2.24, 2.45) is 5.92 Å². The van der Waals surface area contributed by atoms with Crippen LogP contribution in [0.5, 0.6) is 0 Å². The van der Waals surface area contributed by atoms with E-state index in [1.165, 1.54) is 0 Å². The fourth-order valence-electron chi connectivity index (χ4n) is 3.66. The van der Waals surface area contributed by atoms with Crippen molar-refractivity contribution in [2.75, 3.05) is 13.2 Å². The van der Waals surface area contributed by atoms with Crippen LogP contribution in [0.15, 0.2) is 41.6 Å². The molecule has 0 spiro atoms. The van der Waals surface area contributed by atoms with Gasteiger partial charge in [-0.1, -0.05) is 0 Å². The van der Waals surface area contributed by atoms with E-state index in [9.17, 15) is 4.79 Å². The number of fused-ring (bicyclic) bond motifs is 2. The lowest BCUT2D eigenvalue weighted by molar-refractivity contribution is 0.0613. The number of imidazole rings is 1. The van der Waals surface area contributed by atoms with E-state index in [2.05, 4.69) is 26.0 Å². The van der Waals surface area contributed by atoms with Gasteiger partial charge in [-0.25, -0.2) is 14.8 Å². The van der Waals surface area contributed by atoms with Crippen LogP contribution in [0.25, 0.3) is 33.3 Å². The number of hydrogen-bond acceptors (Lipinski definition) is 4. The molecule has 26 heavy (non-hydrogen) atoms. The molecule has 132 valence electrons. The topological polar surface area (TPSA) is 88.6 Å². The second-order valence-corrected chi connectivity index (χ2v) is 6.83. The van der Waals surface area contributed by atoms with Crippen molar-refractivity contribution in [2.45, 2.75) is 19.4 Å². The molecule has 0 aromatic carbocycles. The number of aromatic amines is 2. The highest BCUT2D eigenvalue weighted by atomic mass is 16.5. The Morgan fingerprint density at radius 1 is 1.12 bits per heavy atom. The van der Waals surface area contributed by atoms with Gasteiger partial charge in [0.25, 0.3) is 0 Å². The first-order valence-corrected chi connectivity index (χ1v) is 8.88. The molecule has 0 bridgehead atoms. The minimum absolute atomic E-state index is 0.102. The largest absolute Gasteiger partial charge is 0.381 e. The van der Waals surface area contributed by atoms with Gasteiger partial charge in [-0.15, -0.1) is 0 Å². The zero-order chi connectivity index (χ0) is 17.5. The molecule has 0 unspecified atom stereocenters. The first-order valence-electron chi connectivity index (χ1n) is 8.88. The van der Waals surface area contributed by atoms with Crippen molar-refractivity contribution >= 4 is 22.2 Å². The van der Waals surface area contributed by atoms with Crippen LogP contribution >= 0.6 is 0 Å². The van der Waals surface area contributed by atoms with Gasteiger partial charge in [0, 0.05) is 54.9 Å².